The number of hydrogen-bond acceptors (Lipinski definition) is 10. The summed E-state index contributed by atoms with van der Waals surface area (Å²) in [4.78, 5) is 16.9. The second-order valence-corrected chi connectivity index (χ2v) is 6.57. The van der Waals surface area contributed by atoms with E-state index in [2.05, 4.69) is 30.4 Å². The van der Waals surface area contributed by atoms with Gasteiger partial charge in [0.05, 0.1) is 6.33 Å². The first-order valence-electron chi connectivity index (χ1n) is 8.37. The number of hydrogen-bond donors (Lipinski definition) is 3. The van der Waals surface area contributed by atoms with Gasteiger partial charge < -0.3 is 24.8 Å². The van der Waals surface area contributed by atoms with Crippen LogP contribution in [0.5, 0.6) is 0 Å². The maximum Gasteiger partial charge on any atom is 0.258 e. The SMILES string of the molecule is Cc1noc(C2OC(n3cnc4c(NC5CC5)ncnc43)C(O)C2O)n1. The van der Waals surface area contributed by atoms with Gasteiger partial charge in [0, 0.05) is 6.04 Å². The van der Waals surface area contributed by atoms with Crippen molar-refractivity contribution >= 4 is 17.0 Å². The molecular weight excluding hydrogens is 342 g/mol. The van der Waals surface area contributed by atoms with Gasteiger partial charge in [-0.05, 0) is 19.8 Å². The molecule has 136 valence electrons. The predicted octanol–water partition coefficient (Wildman–Crippen LogP) is 0.0839. The zero-order valence-electron chi connectivity index (χ0n) is 13.8. The van der Waals surface area contributed by atoms with Crippen LogP contribution in [0.15, 0.2) is 17.2 Å². The van der Waals surface area contributed by atoms with Crippen LogP contribution in [-0.4, -0.2) is 58.1 Å². The van der Waals surface area contributed by atoms with E-state index in [4.69, 9.17) is 9.26 Å². The molecule has 4 heterocycles. The molecule has 26 heavy (non-hydrogen) atoms. The Hall–Kier alpha value is -2.63. The molecule has 4 unspecified atom stereocenters. The monoisotopic (exact) mass is 359 g/mol. The molecule has 0 amide bonds. The Morgan fingerprint density at radius 2 is 2.04 bits per heavy atom. The quantitative estimate of drug-likeness (QED) is 0.586. The van der Waals surface area contributed by atoms with Gasteiger partial charge in [0.25, 0.3) is 5.89 Å². The second-order valence-electron chi connectivity index (χ2n) is 6.57. The molecule has 1 aliphatic carbocycles. The van der Waals surface area contributed by atoms with E-state index >= 15 is 0 Å². The standard InChI is InChI=1S/C15H17N7O4/c1-6-19-14(26-21-6)11-9(23)10(24)15(25-11)22-5-18-8-12(20-7-2-3-7)16-4-17-13(8)22/h4-5,7,9-11,15,23-24H,2-3H2,1H3,(H,16,17,20). The fourth-order valence-electron chi connectivity index (χ4n) is 3.09. The van der Waals surface area contributed by atoms with Crippen molar-refractivity contribution in [2.45, 2.75) is 50.3 Å². The van der Waals surface area contributed by atoms with Crippen LogP contribution in [0.1, 0.15) is 36.9 Å². The van der Waals surface area contributed by atoms with Crippen molar-refractivity contribution in [1.29, 1.82) is 0 Å². The van der Waals surface area contributed by atoms with Gasteiger partial charge in [-0.3, -0.25) is 4.57 Å². The lowest BCUT2D eigenvalue weighted by Crippen LogP contribution is -2.29. The minimum Gasteiger partial charge on any atom is -0.387 e. The van der Waals surface area contributed by atoms with Crippen molar-refractivity contribution in [1.82, 2.24) is 29.7 Å². The summed E-state index contributed by atoms with van der Waals surface area (Å²) < 4.78 is 12.5. The molecule has 1 saturated carbocycles. The van der Waals surface area contributed by atoms with Crippen LogP contribution in [0.2, 0.25) is 0 Å². The number of nitrogens with zero attached hydrogens (tertiary/aromatic N) is 6. The summed E-state index contributed by atoms with van der Waals surface area (Å²) in [7, 11) is 0. The Morgan fingerprint density at radius 3 is 2.77 bits per heavy atom. The number of aliphatic hydroxyl groups excluding tert-OH is 2. The minimum atomic E-state index is -1.22. The number of aryl methyl sites for hydroxylation is 1. The van der Waals surface area contributed by atoms with Crippen LogP contribution in [0, 0.1) is 6.92 Å². The molecule has 3 N–H and O–H groups in total. The van der Waals surface area contributed by atoms with E-state index in [0.29, 0.717) is 28.8 Å². The number of ether oxygens (including phenoxy) is 1. The fraction of sp³-hybridized carbons (Fsp3) is 0.533. The Morgan fingerprint density at radius 1 is 1.19 bits per heavy atom. The van der Waals surface area contributed by atoms with Crippen molar-refractivity contribution in [2.75, 3.05) is 5.32 Å². The topological polar surface area (TPSA) is 144 Å². The van der Waals surface area contributed by atoms with E-state index in [9.17, 15) is 10.2 Å². The van der Waals surface area contributed by atoms with Crippen molar-refractivity contribution < 1.29 is 19.5 Å². The summed E-state index contributed by atoms with van der Waals surface area (Å²) in [6.45, 7) is 1.66. The van der Waals surface area contributed by atoms with Crippen molar-refractivity contribution in [2.24, 2.45) is 0 Å². The van der Waals surface area contributed by atoms with Gasteiger partial charge in [-0.1, -0.05) is 5.16 Å². The van der Waals surface area contributed by atoms with E-state index in [0.717, 1.165) is 12.8 Å². The lowest BCUT2D eigenvalue weighted by Gasteiger charge is -2.16. The third-order valence-electron chi connectivity index (χ3n) is 4.58. The maximum absolute atomic E-state index is 10.5. The molecule has 0 bridgehead atoms. The van der Waals surface area contributed by atoms with Crippen molar-refractivity contribution in [3.8, 4) is 0 Å². The highest BCUT2D eigenvalue weighted by molar-refractivity contribution is 5.83. The Balaban J connectivity index is 1.49. The number of fused-ring (bicyclic) bond motifs is 1. The average Bonchev–Trinajstić information content (AvgIpc) is 3.05. The number of aliphatic hydroxyl groups is 2. The van der Waals surface area contributed by atoms with E-state index in [1.807, 2.05) is 0 Å². The number of imidazole rings is 1. The first-order chi connectivity index (χ1) is 12.6. The van der Waals surface area contributed by atoms with Gasteiger partial charge in [-0.15, -0.1) is 0 Å². The molecular formula is C15H17N7O4. The van der Waals surface area contributed by atoms with Gasteiger partial charge in [0.1, 0.15) is 18.5 Å². The summed E-state index contributed by atoms with van der Waals surface area (Å²) in [5.41, 5.74) is 1.09. The summed E-state index contributed by atoms with van der Waals surface area (Å²) in [5, 5.41) is 27.8. The van der Waals surface area contributed by atoms with Crippen LogP contribution in [-0.2, 0) is 4.74 Å². The molecule has 11 heteroatoms. The third-order valence-corrected chi connectivity index (χ3v) is 4.58. The van der Waals surface area contributed by atoms with Gasteiger partial charge in [-0.2, -0.15) is 4.98 Å². The van der Waals surface area contributed by atoms with Crippen molar-refractivity contribution in [3.63, 3.8) is 0 Å². The van der Waals surface area contributed by atoms with Crippen molar-refractivity contribution in [3.05, 3.63) is 24.4 Å². The van der Waals surface area contributed by atoms with Gasteiger partial charge in [0.15, 0.2) is 35.1 Å². The van der Waals surface area contributed by atoms with Gasteiger partial charge >= 0.3 is 0 Å². The summed E-state index contributed by atoms with van der Waals surface area (Å²) in [6.07, 6.45) is 0.904. The highest BCUT2D eigenvalue weighted by Crippen LogP contribution is 2.39. The lowest BCUT2D eigenvalue weighted by atomic mass is 10.1. The first-order valence-corrected chi connectivity index (χ1v) is 8.37. The number of anilines is 1. The summed E-state index contributed by atoms with van der Waals surface area (Å²) >= 11 is 0. The van der Waals surface area contributed by atoms with Crippen LogP contribution in [0.25, 0.3) is 11.2 Å². The van der Waals surface area contributed by atoms with Gasteiger partial charge in [0.2, 0.25) is 0 Å². The molecule has 5 rings (SSSR count). The molecule has 11 nitrogen and oxygen atoms in total. The molecule has 0 aromatic carbocycles. The lowest BCUT2D eigenvalue weighted by molar-refractivity contribution is -0.0451. The van der Waals surface area contributed by atoms with Gasteiger partial charge in [-0.25, -0.2) is 15.0 Å². The molecule has 3 aromatic heterocycles. The fourth-order valence-corrected chi connectivity index (χ4v) is 3.09. The van der Waals surface area contributed by atoms with E-state index in [1.165, 1.54) is 12.7 Å². The zero-order chi connectivity index (χ0) is 17.8. The first kappa shape index (κ1) is 15.6. The van der Waals surface area contributed by atoms with Crippen LogP contribution >= 0.6 is 0 Å². The number of nitrogens with one attached hydrogen (secondary N) is 1. The Bertz CT molecular complexity index is 953. The minimum absolute atomic E-state index is 0.117. The number of rotatable bonds is 4. The normalized spacial score (nSPS) is 28.7. The van der Waals surface area contributed by atoms with Crippen LogP contribution < -0.4 is 5.32 Å². The molecule has 4 atom stereocenters. The molecule has 1 saturated heterocycles. The second kappa shape index (κ2) is 5.69. The summed E-state index contributed by atoms with van der Waals surface area (Å²) in [6, 6.07) is 0.415. The molecule has 1 aliphatic heterocycles. The van der Waals surface area contributed by atoms with Crippen LogP contribution in [0.4, 0.5) is 5.82 Å². The highest BCUT2D eigenvalue weighted by Gasteiger charge is 2.47. The van der Waals surface area contributed by atoms with E-state index < -0.39 is 24.5 Å². The largest absolute Gasteiger partial charge is 0.387 e. The predicted molar refractivity (Wildman–Crippen MR) is 85.9 cm³/mol. The Labute approximate surface area is 147 Å². The Kier molecular flexibility index (Phi) is 3.42. The zero-order valence-corrected chi connectivity index (χ0v) is 13.8. The smallest absolute Gasteiger partial charge is 0.258 e. The highest BCUT2D eigenvalue weighted by atomic mass is 16.6. The maximum atomic E-state index is 10.5. The molecule has 2 fully saturated rings. The van der Waals surface area contributed by atoms with E-state index in [1.54, 1.807) is 11.5 Å². The van der Waals surface area contributed by atoms with E-state index in [-0.39, 0.29) is 5.89 Å². The number of aromatic nitrogens is 6. The van der Waals surface area contributed by atoms with Crippen LogP contribution in [0.3, 0.4) is 0 Å². The third kappa shape index (κ3) is 2.43. The molecule has 2 aliphatic rings. The molecule has 3 aromatic rings. The average molecular weight is 359 g/mol. The summed E-state index contributed by atoms with van der Waals surface area (Å²) in [5.74, 6) is 1.19. The molecule has 0 radical (unpaired) electrons. The molecule has 0 spiro atoms.